The maximum atomic E-state index is 3.76. The van der Waals surface area contributed by atoms with Gasteiger partial charge < -0.3 is 0 Å². The van der Waals surface area contributed by atoms with Crippen LogP contribution in [0.4, 0.5) is 0 Å². The van der Waals surface area contributed by atoms with Crippen LogP contribution in [0.3, 0.4) is 0 Å². The van der Waals surface area contributed by atoms with E-state index in [-0.39, 0.29) is 4.90 Å². The minimum Gasteiger partial charge on any atom is -0.269 e. The summed E-state index contributed by atoms with van der Waals surface area (Å²) in [5, 5.41) is 0.506. The molecule has 12 heteroatoms. The highest BCUT2D eigenvalue weighted by Crippen LogP contribution is 2.85. The van der Waals surface area contributed by atoms with E-state index < -0.39 is 32.9 Å². The third-order valence-corrected chi connectivity index (χ3v) is 47.7. The van der Waals surface area contributed by atoms with E-state index in [0.29, 0.717) is 5.40 Å². The van der Waals surface area contributed by atoms with E-state index in [1.54, 1.807) is 0 Å². The molecule has 0 saturated heterocycles. The molecule has 0 aliphatic rings. The van der Waals surface area contributed by atoms with Crippen molar-refractivity contribution < 1.29 is 0 Å². The van der Waals surface area contributed by atoms with Crippen molar-refractivity contribution in [3.63, 3.8) is 0 Å². The van der Waals surface area contributed by atoms with Crippen molar-refractivity contribution in [2.75, 3.05) is 105 Å². The van der Waals surface area contributed by atoms with E-state index in [1.807, 2.05) is 0 Å². The zero-order valence-electron chi connectivity index (χ0n) is 103. The molecule has 0 N–H and O–H groups in total. The minimum absolute atomic E-state index is 0.0479. The predicted octanol–water partition coefficient (Wildman–Crippen LogP) is 47.9. The van der Waals surface area contributed by atoms with E-state index >= 15 is 0 Å². The Kier molecular flexibility index (Phi) is 118. The van der Waals surface area contributed by atoms with Crippen LogP contribution in [0, 0.1) is 0 Å². The molecule has 0 aromatic rings. The Morgan fingerprint density at radius 1 is 0.111 bits per heavy atom. The van der Waals surface area contributed by atoms with E-state index in [9.17, 15) is 0 Å². The summed E-state index contributed by atoms with van der Waals surface area (Å²) in [4.78, 5) is -0.0479. The van der Waals surface area contributed by atoms with E-state index in [2.05, 4.69) is 155 Å². The second-order valence-electron chi connectivity index (χ2n) is 46.7. The Balaban J connectivity index is 13.7. The molecule has 0 radical (unpaired) electrons. The van der Waals surface area contributed by atoms with Gasteiger partial charge in [0, 0.05) is 105 Å². The summed E-state index contributed by atoms with van der Waals surface area (Å²) in [7, 11) is -3.96. The van der Waals surface area contributed by atoms with Gasteiger partial charge in [-0.2, -0.15) is 0 Å². The lowest BCUT2D eigenvalue weighted by molar-refractivity contribution is 0.310. The van der Waals surface area contributed by atoms with Gasteiger partial charge >= 0.3 is 0 Å². The van der Waals surface area contributed by atoms with E-state index in [1.165, 1.54) is 728 Å². The van der Waals surface area contributed by atoms with Crippen LogP contribution >= 0.6 is 32.9 Å². The van der Waals surface area contributed by atoms with Crippen molar-refractivity contribution in [3.8, 4) is 0 Å². The maximum absolute atomic E-state index is 3.76. The molecular weight excluding hydrogens is 1820 g/mol. The van der Waals surface area contributed by atoms with Crippen LogP contribution in [0.2, 0.25) is 0 Å². The fourth-order valence-electron chi connectivity index (χ4n) is 23.2. The molecule has 0 rings (SSSR count). The van der Waals surface area contributed by atoms with Crippen LogP contribution in [-0.2, 0) is 0 Å². The van der Waals surface area contributed by atoms with Crippen LogP contribution < -0.4 is 0 Å². The van der Waals surface area contributed by atoms with Gasteiger partial charge in [0.25, 0.3) is 0 Å². The quantitative estimate of drug-likeness (QED) is 0.0439. The number of hydrogen-bond donors (Lipinski definition) is 0. The van der Waals surface area contributed by atoms with Crippen molar-refractivity contribution in [1.29, 1.82) is 0 Å². The van der Waals surface area contributed by atoms with Crippen LogP contribution in [0.25, 0.3) is 0 Å². The summed E-state index contributed by atoms with van der Waals surface area (Å²) < 4.78 is 30.0. The van der Waals surface area contributed by atoms with Crippen molar-refractivity contribution in [2.24, 2.45) is 0 Å². The second kappa shape index (κ2) is 117. The van der Waals surface area contributed by atoms with Gasteiger partial charge in [-0.15, -0.1) is 0 Å². The van der Waals surface area contributed by atoms with Crippen LogP contribution in [0.5, 0.6) is 0 Å². The molecule has 0 unspecified atom stereocenters. The number of hydrogen-bond acceptors (Lipinski definition) is 8. The molecule has 0 atom stereocenters. The lowest BCUT2D eigenvalue weighted by Gasteiger charge is -2.65. The fourth-order valence-corrected chi connectivity index (χ4v) is 42.5. The molecule has 0 amide bonds. The van der Waals surface area contributed by atoms with E-state index in [4.69, 9.17) is 0 Å². The molecule has 0 spiro atoms. The van der Waals surface area contributed by atoms with Crippen molar-refractivity contribution in [2.45, 2.75) is 751 Å². The lowest BCUT2D eigenvalue weighted by atomic mass is 10.1. The predicted molar refractivity (Wildman–Crippen MR) is 671 cm³/mol. The van der Waals surface area contributed by atoms with E-state index in [0.717, 1.165) is 0 Å². The first-order valence-electron chi connectivity index (χ1n) is 68.3. The van der Waals surface area contributed by atoms with Gasteiger partial charge in [0.05, 0.1) is 43.2 Å². The van der Waals surface area contributed by atoms with Gasteiger partial charge in [-0.1, -0.05) is 631 Å². The van der Waals surface area contributed by atoms with Crippen LogP contribution in [0.15, 0.2) is 0 Å². The molecule has 0 aliphatic heterocycles. The third-order valence-electron chi connectivity index (χ3n) is 32.6. The summed E-state index contributed by atoms with van der Waals surface area (Å²) in [6.07, 6.45) is 136. The van der Waals surface area contributed by atoms with Gasteiger partial charge in [0.15, 0.2) is 0 Å². The first-order chi connectivity index (χ1) is 71.1. The molecule has 8 nitrogen and oxygen atoms in total. The molecule has 866 valence electrons. The minimum atomic E-state index is -1.01. The number of unbranched alkanes of at least 4 members (excludes halogenated alkanes) is 80. The summed E-state index contributed by atoms with van der Waals surface area (Å²) in [6, 6.07) is 0. The maximum Gasteiger partial charge on any atom is 0.0798 e. The fraction of sp³-hybridized carbons (Fsp3) is 1.00. The smallest absolute Gasteiger partial charge is 0.0798 e. The average Bonchev–Trinajstić information content (AvgIpc) is 0.708. The highest BCUT2D eigenvalue weighted by atomic mass is 31.2. The SMILES string of the molecule is CCCCCCCCN(CCCCCCCC)P(C(P(N(CCCCCCCC)CCCCCCCC)N(CCCCCCCC)CCCCCCCC)C(CC)(P(N(CCCCCCCC)CCCCCCCC)N(CCCCCCCC)CCCCCCCC)P(N(CCCCCCCC)CCCCCCCC)N(CCCCCCCC)CCCCCCCC)N(CCCCCCCC)CCCCCCCC. The second-order valence-corrected chi connectivity index (χ2v) is 57.1. The monoisotopic (exact) mass is 2100 g/mol. The molecule has 0 aromatic heterocycles. The summed E-state index contributed by atoms with van der Waals surface area (Å²) in [6.45, 7) is 64.4. The Morgan fingerprint density at radius 3 is 0.285 bits per heavy atom. The standard InChI is InChI=1S/C132H278N8P4/c1-18-35-51-67-83-99-115-133(116-100-84-68-52-36-19-2)141(134(117-101-85-69-53-37-20-3)118-102-86-70-54-38-21-4)131(142(135(119-103-87-71-55-39-22-5)120-104-88-72-56-40-23-6)136(121-105-89-73-57-41-24-7)122-106-90-74-58-42-25-8)132(34-17,143(137(123-107-91-75-59-43-26-9)124-108-92-76-60-44-27-10)138(125-109-93-77-61-45-28-11)126-110-94-78-62-46-29-12)144(139(127-111-95-79-63-47-30-13)128-112-96-80-64-48-31-14)140(129-113-97-81-65-49-32-15)130-114-98-82-66-50-33-16/h131H,18-130H2,1-17H3. The average molecular weight is 2100 g/mol. The largest absolute Gasteiger partial charge is 0.269 e. The van der Waals surface area contributed by atoms with Crippen molar-refractivity contribution in [1.82, 2.24) is 37.4 Å². The zero-order chi connectivity index (χ0) is 105. The molecule has 0 fully saturated rings. The highest BCUT2D eigenvalue weighted by Gasteiger charge is 2.65. The molecule has 0 aromatic carbocycles. The Bertz CT molecular complexity index is 1950. The van der Waals surface area contributed by atoms with Gasteiger partial charge in [-0.25, -0.2) is 0 Å². The van der Waals surface area contributed by atoms with Crippen LogP contribution in [0.1, 0.15) is 741 Å². The Morgan fingerprint density at radius 2 is 0.194 bits per heavy atom. The summed E-state index contributed by atoms with van der Waals surface area (Å²) in [5.41, 5.74) is 0. The van der Waals surface area contributed by atoms with Gasteiger partial charge in [0.2, 0.25) is 0 Å². The highest BCUT2D eigenvalue weighted by molar-refractivity contribution is 7.80. The first-order valence-corrected chi connectivity index (χ1v) is 73.4. The first kappa shape index (κ1) is 145. The Labute approximate surface area is 919 Å². The Hall–Kier alpha value is 1.40. The van der Waals surface area contributed by atoms with Crippen LogP contribution in [-0.4, -0.2) is 152 Å². The van der Waals surface area contributed by atoms with Gasteiger partial charge in [-0.05, 0) is 109 Å². The summed E-state index contributed by atoms with van der Waals surface area (Å²) in [5.74, 6) is 0. The van der Waals surface area contributed by atoms with Crippen molar-refractivity contribution >= 4 is 32.9 Å². The molecule has 0 saturated carbocycles. The lowest BCUT2D eigenvalue weighted by Crippen LogP contribution is -2.57. The zero-order valence-corrected chi connectivity index (χ0v) is 107. The third kappa shape index (κ3) is 80.2. The molecule has 0 heterocycles. The number of rotatable bonds is 126. The topological polar surface area (TPSA) is 25.9 Å². The van der Waals surface area contributed by atoms with Crippen molar-refractivity contribution in [3.05, 3.63) is 0 Å². The summed E-state index contributed by atoms with van der Waals surface area (Å²) >= 11 is 0. The molecular formula is C132H278N8P4. The normalized spacial score (nSPS) is 12.5. The molecule has 144 heavy (non-hydrogen) atoms. The van der Waals surface area contributed by atoms with Gasteiger partial charge in [-0.3, -0.25) is 37.4 Å². The molecule has 0 aliphatic carbocycles. The number of nitrogens with zero attached hydrogens (tertiary/aromatic N) is 8. The molecule has 0 bridgehead atoms. The van der Waals surface area contributed by atoms with Gasteiger partial charge in [0.1, 0.15) is 0 Å².